The van der Waals surface area contributed by atoms with E-state index in [1.807, 2.05) is 12.1 Å². The number of fused-ring (bicyclic) bond motifs is 1. The van der Waals surface area contributed by atoms with Gasteiger partial charge < -0.3 is 5.11 Å². The molecule has 14 heavy (non-hydrogen) atoms. The van der Waals surface area contributed by atoms with Gasteiger partial charge in [-0.15, -0.1) is 22.9 Å². The summed E-state index contributed by atoms with van der Waals surface area (Å²) in [5.74, 6) is 0.537. The van der Waals surface area contributed by atoms with E-state index in [1.54, 1.807) is 11.3 Å². The molecule has 1 aromatic carbocycles. The van der Waals surface area contributed by atoms with Gasteiger partial charge in [-0.25, -0.2) is 0 Å². The molecule has 0 atom stereocenters. The predicted octanol–water partition coefficient (Wildman–Crippen LogP) is 3.44. The molecule has 2 rings (SSSR count). The fraction of sp³-hybridized carbons (Fsp3) is 0.273. The highest BCUT2D eigenvalue weighted by Crippen LogP contribution is 2.32. The van der Waals surface area contributed by atoms with Crippen LogP contribution in [0.5, 0.6) is 0 Å². The Kier molecular flexibility index (Phi) is 2.77. The van der Waals surface area contributed by atoms with Crippen LogP contribution in [0.3, 0.4) is 0 Å². The average Bonchev–Trinajstić information content (AvgIpc) is 2.63. The number of benzene rings is 1. The van der Waals surface area contributed by atoms with Crippen LogP contribution in [0.1, 0.15) is 16.7 Å². The Balaban J connectivity index is 2.80. The first-order valence-corrected chi connectivity index (χ1v) is 5.84. The van der Waals surface area contributed by atoms with Gasteiger partial charge in [0.1, 0.15) is 0 Å². The van der Waals surface area contributed by atoms with E-state index in [2.05, 4.69) is 12.3 Å². The first-order chi connectivity index (χ1) is 6.77. The van der Waals surface area contributed by atoms with Crippen LogP contribution in [0.15, 0.2) is 17.5 Å². The van der Waals surface area contributed by atoms with E-state index in [9.17, 15) is 5.11 Å². The van der Waals surface area contributed by atoms with Crippen LogP contribution in [-0.2, 0) is 12.5 Å². The molecule has 0 radical (unpaired) electrons. The topological polar surface area (TPSA) is 20.2 Å². The number of aryl methyl sites for hydroxylation is 1. The van der Waals surface area contributed by atoms with Crippen LogP contribution in [0.4, 0.5) is 0 Å². The van der Waals surface area contributed by atoms with E-state index in [-0.39, 0.29) is 6.61 Å². The summed E-state index contributed by atoms with van der Waals surface area (Å²) in [4.78, 5) is 0. The molecular formula is C11H11ClOS. The van der Waals surface area contributed by atoms with Gasteiger partial charge in [0.05, 0.1) is 6.61 Å². The quantitative estimate of drug-likeness (QED) is 0.778. The highest BCUT2D eigenvalue weighted by molar-refractivity contribution is 7.17. The van der Waals surface area contributed by atoms with Crippen molar-refractivity contribution in [3.05, 3.63) is 34.2 Å². The van der Waals surface area contributed by atoms with Gasteiger partial charge in [-0.05, 0) is 29.0 Å². The molecule has 1 N–H and O–H groups in total. The van der Waals surface area contributed by atoms with Crippen molar-refractivity contribution >= 4 is 33.0 Å². The van der Waals surface area contributed by atoms with Crippen molar-refractivity contribution < 1.29 is 5.11 Å². The van der Waals surface area contributed by atoms with E-state index >= 15 is 0 Å². The zero-order chi connectivity index (χ0) is 10.1. The fourth-order valence-electron chi connectivity index (χ4n) is 1.67. The van der Waals surface area contributed by atoms with Gasteiger partial charge in [0.15, 0.2) is 0 Å². The van der Waals surface area contributed by atoms with Crippen molar-refractivity contribution in [2.45, 2.75) is 19.4 Å². The van der Waals surface area contributed by atoms with Crippen LogP contribution in [0.25, 0.3) is 10.1 Å². The third-order valence-electron chi connectivity index (χ3n) is 2.40. The maximum absolute atomic E-state index is 9.18. The summed E-state index contributed by atoms with van der Waals surface area (Å²) in [7, 11) is 0. The summed E-state index contributed by atoms with van der Waals surface area (Å²) in [6.07, 6.45) is 0. The molecule has 0 saturated heterocycles. The average molecular weight is 227 g/mol. The van der Waals surface area contributed by atoms with Crippen LogP contribution < -0.4 is 0 Å². The van der Waals surface area contributed by atoms with Crippen LogP contribution in [0, 0.1) is 6.92 Å². The third kappa shape index (κ3) is 1.44. The lowest BCUT2D eigenvalue weighted by Crippen LogP contribution is -1.86. The molecule has 0 spiro atoms. The molecule has 3 heteroatoms. The molecule has 0 aliphatic heterocycles. The lowest BCUT2D eigenvalue weighted by molar-refractivity contribution is 0.283. The largest absolute Gasteiger partial charge is 0.392 e. The Labute approximate surface area is 91.9 Å². The molecule has 0 aliphatic carbocycles. The number of aliphatic hydroxyl groups excluding tert-OH is 1. The SMILES string of the molecule is Cc1ccc(CO)c2scc(CCl)c12. The van der Waals surface area contributed by atoms with Crippen molar-refractivity contribution in [2.24, 2.45) is 0 Å². The van der Waals surface area contributed by atoms with Gasteiger partial charge in [-0.1, -0.05) is 12.1 Å². The molecule has 0 unspecified atom stereocenters. The van der Waals surface area contributed by atoms with E-state index in [4.69, 9.17) is 11.6 Å². The Morgan fingerprint density at radius 2 is 2.14 bits per heavy atom. The lowest BCUT2D eigenvalue weighted by Gasteiger charge is -2.03. The summed E-state index contributed by atoms with van der Waals surface area (Å²) < 4.78 is 1.17. The molecule has 0 bridgehead atoms. The van der Waals surface area contributed by atoms with Crippen molar-refractivity contribution in [2.75, 3.05) is 0 Å². The number of halogens is 1. The Bertz CT molecular complexity index is 462. The van der Waals surface area contributed by atoms with Gasteiger partial charge in [0.2, 0.25) is 0 Å². The molecule has 0 aliphatic rings. The first kappa shape index (κ1) is 9.97. The van der Waals surface area contributed by atoms with E-state index in [0.717, 1.165) is 5.56 Å². The van der Waals surface area contributed by atoms with Crippen molar-refractivity contribution in [3.63, 3.8) is 0 Å². The second-order valence-corrected chi connectivity index (χ2v) is 4.45. The number of hydrogen-bond acceptors (Lipinski definition) is 2. The summed E-state index contributed by atoms with van der Waals surface area (Å²) in [5, 5.41) is 12.5. The molecule has 0 fully saturated rings. The van der Waals surface area contributed by atoms with Gasteiger partial charge in [-0.2, -0.15) is 0 Å². The number of thiophene rings is 1. The predicted molar refractivity (Wildman–Crippen MR) is 62.0 cm³/mol. The normalized spacial score (nSPS) is 11.1. The van der Waals surface area contributed by atoms with Crippen LogP contribution >= 0.6 is 22.9 Å². The van der Waals surface area contributed by atoms with Crippen LogP contribution in [0.2, 0.25) is 0 Å². The van der Waals surface area contributed by atoms with Crippen molar-refractivity contribution in [1.82, 2.24) is 0 Å². The molecule has 0 amide bonds. The van der Waals surface area contributed by atoms with Crippen LogP contribution in [-0.4, -0.2) is 5.11 Å². The summed E-state index contributed by atoms with van der Waals surface area (Å²) in [6.45, 7) is 2.17. The van der Waals surface area contributed by atoms with E-state index < -0.39 is 0 Å². The van der Waals surface area contributed by atoms with Crippen molar-refractivity contribution in [1.29, 1.82) is 0 Å². The molecule has 1 heterocycles. The second-order valence-electron chi connectivity index (χ2n) is 3.30. The standard InChI is InChI=1S/C11H11ClOS/c1-7-2-3-8(5-13)11-10(7)9(4-12)6-14-11/h2-3,6,13H,4-5H2,1H3. The number of rotatable bonds is 2. The molecule has 0 saturated carbocycles. The minimum atomic E-state index is 0.0962. The maximum atomic E-state index is 9.18. The smallest absolute Gasteiger partial charge is 0.0695 e. The molecule has 2 aromatic rings. The summed E-state index contributed by atoms with van der Waals surface area (Å²) in [5.41, 5.74) is 3.39. The minimum absolute atomic E-state index is 0.0962. The molecule has 74 valence electrons. The molecule has 1 aromatic heterocycles. The summed E-state index contributed by atoms with van der Waals surface area (Å²) in [6, 6.07) is 4.02. The molecular weight excluding hydrogens is 216 g/mol. The second kappa shape index (κ2) is 3.89. The first-order valence-electron chi connectivity index (χ1n) is 4.43. The fourth-order valence-corrected chi connectivity index (χ4v) is 3.13. The van der Waals surface area contributed by atoms with E-state index in [0.29, 0.717) is 5.88 Å². The van der Waals surface area contributed by atoms with Crippen molar-refractivity contribution in [3.8, 4) is 0 Å². The Morgan fingerprint density at radius 1 is 1.36 bits per heavy atom. The highest BCUT2D eigenvalue weighted by Gasteiger charge is 2.09. The Morgan fingerprint density at radius 3 is 2.79 bits per heavy atom. The number of aliphatic hydroxyl groups is 1. The minimum Gasteiger partial charge on any atom is -0.392 e. The van der Waals surface area contributed by atoms with Gasteiger partial charge in [0, 0.05) is 16.0 Å². The highest BCUT2D eigenvalue weighted by atomic mass is 35.5. The summed E-state index contributed by atoms with van der Waals surface area (Å²) >= 11 is 7.52. The van der Waals surface area contributed by atoms with Gasteiger partial charge in [0.25, 0.3) is 0 Å². The van der Waals surface area contributed by atoms with Gasteiger partial charge >= 0.3 is 0 Å². The Hall–Kier alpha value is -0.570. The maximum Gasteiger partial charge on any atom is 0.0695 e. The number of hydrogen-bond donors (Lipinski definition) is 1. The third-order valence-corrected chi connectivity index (χ3v) is 3.79. The van der Waals surface area contributed by atoms with E-state index in [1.165, 1.54) is 21.2 Å². The zero-order valence-corrected chi connectivity index (χ0v) is 9.45. The van der Waals surface area contributed by atoms with Gasteiger partial charge in [-0.3, -0.25) is 0 Å². The zero-order valence-electron chi connectivity index (χ0n) is 7.88. The number of alkyl halides is 1. The monoisotopic (exact) mass is 226 g/mol. The lowest BCUT2D eigenvalue weighted by atomic mass is 10.1. The molecule has 1 nitrogen and oxygen atoms in total.